The number of hydrogen-bond donors (Lipinski definition) is 3. The SMILES string of the molecule is C1CCOC1.O=Cc1ccccc1O.O=S(=O)(Cc1ccc2c(c1)Cc1ccccc1-2)C1CC1.O=S(=O)(Nc1ccc2c(c1)/C(=C1\c3ccccc3-c3ccc(NS(=O)(=O)C4CC4)cc31)c1ccccc1-2)C1CC1. The molecule has 0 atom stereocenters. The number of aromatic hydroxyl groups is 1. The number of carbonyl (C=O) groups excluding carboxylic acids is 1. The number of anilines is 2. The summed E-state index contributed by atoms with van der Waals surface area (Å²) in [5.74, 6) is 0.230. The van der Waals surface area contributed by atoms with Gasteiger partial charge in [0.1, 0.15) is 5.75 Å². The van der Waals surface area contributed by atoms with Crippen LogP contribution in [0.3, 0.4) is 0 Å². The second-order valence-electron chi connectivity index (χ2n) is 19.9. The average Bonchev–Trinajstić information content (AvgIpc) is 4.35. The molecule has 1 heterocycles. The molecule has 0 aromatic heterocycles. The van der Waals surface area contributed by atoms with Gasteiger partial charge < -0.3 is 9.84 Å². The normalized spacial score (nSPS) is 17.5. The third-order valence-corrected chi connectivity index (χ3v) is 20.4. The minimum absolute atomic E-state index is 0.0347. The van der Waals surface area contributed by atoms with Gasteiger partial charge in [-0.05, 0) is 178 Å². The first-order valence-electron chi connectivity index (χ1n) is 25.3. The number of carbonyl (C=O) groups is 1. The molecule has 4 fully saturated rings. The Bertz CT molecular complexity index is 3570. The lowest BCUT2D eigenvalue weighted by atomic mass is 9.91. The number of sulfonamides is 2. The number of para-hydroxylation sites is 1. The average molecular weight is 1050 g/mol. The lowest BCUT2D eigenvalue weighted by molar-refractivity contribution is 0.112. The molecule has 7 aromatic rings. The number of nitrogens with one attached hydrogen (secondary N) is 2. The van der Waals surface area contributed by atoms with Gasteiger partial charge in [0.2, 0.25) is 20.0 Å². The van der Waals surface area contributed by atoms with Crippen LogP contribution in [0.2, 0.25) is 0 Å². The molecule has 74 heavy (non-hydrogen) atoms. The van der Waals surface area contributed by atoms with E-state index in [4.69, 9.17) is 9.84 Å². The van der Waals surface area contributed by atoms with E-state index in [0.717, 1.165) is 93.7 Å². The second-order valence-corrected chi connectivity index (χ2v) is 26.1. The molecular formula is C60H56N2O9S3. The molecule has 3 N–H and O–H groups in total. The largest absolute Gasteiger partial charge is 0.507 e. The number of hydrogen-bond acceptors (Lipinski definition) is 9. The molecule has 14 heteroatoms. The molecule has 0 bridgehead atoms. The second kappa shape index (κ2) is 20.1. The third kappa shape index (κ3) is 10.3. The first-order valence-corrected chi connectivity index (χ1v) is 30.1. The summed E-state index contributed by atoms with van der Waals surface area (Å²) in [5, 5.41) is 8.17. The Labute approximate surface area is 433 Å². The summed E-state index contributed by atoms with van der Waals surface area (Å²) in [6, 6.07) is 48.9. The van der Waals surface area contributed by atoms with E-state index in [1.807, 2.05) is 66.7 Å². The monoisotopic (exact) mass is 1040 g/mol. The number of fused-ring (bicyclic) bond motifs is 9. The van der Waals surface area contributed by atoms with E-state index >= 15 is 0 Å². The lowest BCUT2D eigenvalue weighted by Crippen LogP contribution is -2.17. The standard InChI is InChI=1S/C32H26N2O4S2.C17H16O2S.C7H6O2.C4H8O/c35-39(36,21-11-12-21)33-19-9-15-25-23-5-1-3-7-27(23)31(29(25)17-19)32-28-8-4-2-6-24(28)26-16-10-20(18-30(26)32)34-40(37,38)22-13-14-22;18-20(19,15-6-7-15)11-12-5-8-17-14(9-12)10-13-3-1-2-4-16(13)17;8-5-6-3-1-2-4-7(6)9;1-2-4-5-3-1/h1-10,15-18,21-22,33-34H,11-14H2;1-5,8-9,15H,6-7,10-11H2;1-5,9H;1-4H2/b32-31+;;;. The highest BCUT2D eigenvalue weighted by Crippen LogP contribution is 2.55. The number of phenols is 1. The maximum Gasteiger partial charge on any atom is 0.235 e. The van der Waals surface area contributed by atoms with Gasteiger partial charge in [-0.25, -0.2) is 25.3 Å². The van der Waals surface area contributed by atoms with E-state index in [1.165, 1.54) is 41.2 Å². The Balaban J connectivity index is 0.000000141. The molecule has 7 aliphatic rings. The summed E-state index contributed by atoms with van der Waals surface area (Å²) < 4.78 is 85.8. The molecule has 0 amide bonds. The Morgan fingerprint density at radius 1 is 0.473 bits per heavy atom. The van der Waals surface area contributed by atoms with Crippen molar-refractivity contribution >= 4 is 58.7 Å². The summed E-state index contributed by atoms with van der Waals surface area (Å²) in [7, 11) is -9.75. The van der Waals surface area contributed by atoms with Gasteiger partial charge in [-0.3, -0.25) is 14.2 Å². The minimum atomic E-state index is -3.42. The van der Waals surface area contributed by atoms with Gasteiger partial charge in [0.15, 0.2) is 16.1 Å². The molecule has 0 radical (unpaired) electrons. The number of aldehydes is 1. The van der Waals surface area contributed by atoms with Crippen molar-refractivity contribution in [3.63, 3.8) is 0 Å². The predicted octanol–water partition coefficient (Wildman–Crippen LogP) is 11.8. The smallest absolute Gasteiger partial charge is 0.235 e. The highest BCUT2D eigenvalue weighted by Gasteiger charge is 2.39. The van der Waals surface area contributed by atoms with E-state index in [1.54, 1.807) is 18.2 Å². The van der Waals surface area contributed by atoms with Crippen LogP contribution in [0.5, 0.6) is 5.75 Å². The van der Waals surface area contributed by atoms with Crippen LogP contribution >= 0.6 is 0 Å². The van der Waals surface area contributed by atoms with E-state index in [0.29, 0.717) is 48.9 Å². The lowest BCUT2D eigenvalue weighted by Gasteiger charge is -2.14. The molecule has 1 saturated heterocycles. The van der Waals surface area contributed by atoms with Crippen molar-refractivity contribution in [2.45, 2.75) is 79.3 Å². The highest BCUT2D eigenvalue weighted by molar-refractivity contribution is 7.94. The third-order valence-electron chi connectivity index (χ3n) is 14.4. The molecule has 6 aliphatic carbocycles. The Morgan fingerprint density at radius 3 is 1.39 bits per heavy atom. The predicted molar refractivity (Wildman–Crippen MR) is 294 cm³/mol. The van der Waals surface area contributed by atoms with Gasteiger partial charge >= 0.3 is 0 Å². The summed E-state index contributed by atoms with van der Waals surface area (Å²) >= 11 is 0. The van der Waals surface area contributed by atoms with Crippen LogP contribution in [0.15, 0.2) is 152 Å². The quantitative estimate of drug-likeness (QED) is 0.113. The fourth-order valence-electron chi connectivity index (χ4n) is 10.2. The molecule has 0 unspecified atom stereocenters. The zero-order chi connectivity index (χ0) is 51.2. The number of phenolic OH excluding ortho intramolecular Hbond substituents is 1. The Morgan fingerprint density at radius 2 is 0.919 bits per heavy atom. The minimum Gasteiger partial charge on any atom is -0.507 e. The topological polar surface area (TPSA) is 173 Å². The van der Waals surface area contributed by atoms with Gasteiger partial charge in [0, 0.05) is 24.6 Å². The van der Waals surface area contributed by atoms with Crippen LogP contribution in [-0.2, 0) is 46.8 Å². The van der Waals surface area contributed by atoms with E-state index in [-0.39, 0.29) is 27.3 Å². The Hall–Kier alpha value is -6.84. The number of benzene rings is 7. The van der Waals surface area contributed by atoms with Crippen LogP contribution in [-0.4, -0.2) is 65.6 Å². The zero-order valence-electron chi connectivity index (χ0n) is 40.7. The van der Waals surface area contributed by atoms with Gasteiger partial charge in [0.25, 0.3) is 0 Å². The summed E-state index contributed by atoms with van der Waals surface area (Å²) in [6.45, 7) is 2.00. The Kier molecular flexibility index (Phi) is 13.4. The molecule has 3 saturated carbocycles. The first kappa shape index (κ1) is 49.4. The van der Waals surface area contributed by atoms with Crippen molar-refractivity contribution in [2.24, 2.45) is 0 Å². The molecule has 11 nitrogen and oxygen atoms in total. The van der Waals surface area contributed by atoms with Crippen LogP contribution in [0.25, 0.3) is 44.5 Å². The van der Waals surface area contributed by atoms with Crippen LogP contribution in [0.1, 0.15) is 101 Å². The van der Waals surface area contributed by atoms with E-state index in [2.05, 4.69) is 70.1 Å². The summed E-state index contributed by atoms with van der Waals surface area (Å²) in [4.78, 5) is 10.1. The fourth-order valence-corrected chi connectivity index (χ4v) is 14.7. The molecule has 14 rings (SSSR count). The summed E-state index contributed by atoms with van der Waals surface area (Å²) in [5.41, 5.74) is 17.9. The maximum atomic E-state index is 12.8. The molecule has 7 aromatic carbocycles. The molecule has 1 aliphatic heterocycles. The van der Waals surface area contributed by atoms with Crippen molar-refractivity contribution in [3.8, 4) is 39.1 Å². The first-order chi connectivity index (χ1) is 35.8. The van der Waals surface area contributed by atoms with E-state index < -0.39 is 29.9 Å². The van der Waals surface area contributed by atoms with Crippen molar-refractivity contribution in [3.05, 3.63) is 196 Å². The molecular weight excluding hydrogens is 989 g/mol. The van der Waals surface area contributed by atoms with Crippen LogP contribution in [0.4, 0.5) is 11.4 Å². The van der Waals surface area contributed by atoms with Gasteiger partial charge in [-0.2, -0.15) is 0 Å². The maximum absolute atomic E-state index is 12.8. The number of rotatable bonds is 10. The highest BCUT2D eigenvalue weighted by atomic mass is 32.2. The van der Waals surface area contributed by atoms with Crippen molar-refractivity contribution in [1.82, 2.24) is 0 Å². The number of sulfone groups is 1. The van der Waals surface area contributed by atoms with Crippen molar-refractivity contribution in [1.29, 1.82) is 0 Å². The van der Waals surface area contributed by atoms with Crippen molar-refractivity contribution in [2.75, 3.05) is 22.7 Å². The van der Waals surface area contributed by atoms with Crippen molar-refractivity contribution < 1.29 is 39.9 Å². The summed E-state index contributed by atoms with van der Waals surface area (Å²) in [6.07, 6.45) is 8.57. The number of ether oxygens (including phenoxy) is 1. The van der Waals surface area contributed by atoms with Gasteiger partial charge in [0.05, 0.1) is 27.1 Å². The molecule has 0 spiro atoms. The fraction of sp³-hybridized carbons (Fsp3) is 0.250. The molecule has 378 valence electrons. The van der Waals surface area contributed by atoms with Gasteiger partial charge in [-0.15, -0.1) is 0 Å². The van der Waals surface area contributed by atoms with E-state index in [9.17, 15) is 30.0 Å². The van der Waals surface area contributed by atoms with Crippen LogP contribution < -0.4 is 9.44 Å². The van der Waals surface area contributed by atoms with Gasteiger partial charge in [-0.1, -0.05) is 115 Å². The zero-order valence-corrected chi connectivity index (χ0v) is 43.1. The van der Waals surface area contributed by atoms with Crippen LogP contribution in [0, 0.1) is 0 Å².